The van der Waals surface area contributed by atoms with Gasteiger partial charge in [0.2, 0.25) is 0 Å². The Hall–Kier alpha value is -2.00. The van der Waals surface area contributed by atoms with E-state index >= 15 is 0 Å². The molecule has 0 aliphatic carbocycles. The molecule has 21 heavy (non-hydrogen) atoms. The van der Waals surface area contributed by atoms with Gasteiger partial charge in [0.1, 0.15) is 18.1 Å². The molecule has 2 aromatic carbocycles. The Labute approximate surface area is 126 Å². The molecule has 112 valence electrons. The van der Waals surface area contributed by atoms with Crippen LogP contribution in [-0.4, -0.2) is 14.2 Å². The molecule has 3 nitrogen and oxygen atoms in total. The third-order valence-electron chi connectivity index (χ3n) is 3.64. The summed E-state index contributed by atoms with van der Waals surface area (Å²) in [6.07, 6.45) is 0. The fraction of sp³-hybridized carbons (Fsp3) is 0.333. The lowest BCUT2D eigenvalue weighted by atomic mass is 10.1. The van der Waals surface area contributed by atoms with Gasteiger partial charge in [0.05, 0.1) is 7.11 Å². The van der Waals surface area contributed by atoms with Gasteiger partial charge in [0, 0.05) is 17.2 Å². The summed E-state index contributed by atoms with van der Waals surface area (Å²) < 4.78 is 11.4. The van der Waals surface area contributed by atoms with Gasteiger partial charge in [0.15, 0.2) is 0 Å². The van der Waals surface area contributed by atoms with Crippen LogP contribution < -0.4 is 14.8 Å². The minimum atomic E-state index is 0.251. The SMILES string of the molecule is CNC(C)c1ccccc1OCc1cc(C)ccc1OC. The van der Waals surface area contributed by atoms with Crippen molar-refractivity contribution < 1.29 is 9.47 Å². The maximum Gasteiger partial charge on any atom is 0.125 e. The Morgan fingerprint density at radius 3 is 2.57 bits per heavy atom. The van der Waals surface area contributed by atoms with Crippen LogP contribution in [0.5, 0.6) is 11.5 Å². The minimum absolute atomic E-state index is 0.251. The normalized spacial score (nSPS) is 12.0. The lowest BCUT2D eigenvalue weighted by molar-refractivity contribution is 0.291. The van der Waals surface area contributed by atoms with Crippen molar-refractivity contribution in [1.29, 1.82) is 0 Å². The van der Waals surface area contributed by atoms with Gasteiger partial charge in [0.25, 0.3) is 0 Å². The van der Waals surface area contributed by atoms with Crippen molar-refractivity contribution in [3.8, 4) is 11.5 Å². The summed E-state index contributed by atoms with van der Waals surface area (Å²) in [4.78, 5) is 0. The average Bonchev–Trinajstić information content (AvgIpc) is 2.52. The molecule has 0 bridgehead atoms. The molecule has 2 rings (SSSR count). The predicted molar refractivity (Wildman–Crippen MR) is 86.0 cm³/mol. The molecule has 0 radical (unpaired) electrons. The fourth-order valence-electron chi connectivity index (χ4n) is 2.30. The second kappa shape index (κ2) is 7.14. The van der Waals surface area contributed by atoms with E-state index in [2.05, 4.69) is 31.3 Å². The second-order valence-electron chi connectivity index (χ2n) is 5.15. The first-order valence-corrected chi connectivity index (χ1v) is 7.18. The van der Waals surface area contributed by atoms with Crippen LogP contribution in [0.15, 0.2) is 42.5 Å². The van der Waals surface area contributed by atoms with E-state index in [-0.39, 0.29) is 6.04 Å². The van der Waals surface area contributed by atoms with Gasteiger partial charge in [-0.15, -0.1) is 0 Å². The smallest absolute Gasteiger partial charge is 0.125 e. The van der Waals surface area contributed by atoms with E-state index in [1.807, 2.05) is 37.4 Å². The van der Waals surface area contributed by atoms with E-state index in [0.29, 0.717) is 6.61 Å². The summed E-state index contributed by atoms with van der Waals surface area (Å²) in [6, 6.07) is 14.5. The van der Waals surface area contributed by atoms with E-state index in [9.17, 15) is 0 Å². The number of para-hydroxylation sites is 1. The van der Waals surface area contributed by atoms with Crippen LogP contribution in [0.2, 0.25) is 0 Å². The highest BCUT2D eigenvalue weighted by atomic mass is 16.5. The number of hydrogen-bond donors (Lipinski definition) is 1. The van der Waals surface area contributed by atoms with Gasteiger partial charge in [-0.2, -0.15) is 0 Å². The Kier molecular flexibility index (Phi) is 5.23. The monoisotopic (exact) mass is 285 g/mol. The van der Waals surface area contributed by atoms with Crippen LogP contribution in [-0.2, 0) is 6.61 Å². The van der Waals surface area contributed by atoms with Crippen LogP contribution in [0, 0.1) is 6.92 Å². The van der Waals surface area contributed by atoms with Crippen molar-refractivity contribution in [3.05, 3.63) is 59.2 Å². The standard InChI is InChI=1S/C18H23NO2/c1-13-9-10-17(20-4)15(11-13)12-21-18-8-6-5-7-16(18)14(2)19-3/h5-11,14,19H,12H2,1-4H3. The Balaban J connectivity index is 2.19. The van der Waals surface area contributed by atoms with E-state index < -0.39 is 0 Å². The quantitative estimate of drug-likeness (QED) is 0.874. The molecular weight excluding hydrogens is 262 g/mol. The van der Waals surface area contributed by atoms with Crippen LogP contribution in [0.1, 0.15) is 29.7 Å². The summed E-state index contributed by atoms with van der Waals surface area (Å²) in [7, 11) is 3.64. The number of aryl methyl sites for hydroxylation is 1. The van der Waals surface area contributed by atoms with E-state index in [1.165, 1.54) is 5.56 Å². The van der Waals surface area contributed by atoms with Gasteiger partial charge >= 0.3 is 0 Å². The Morgan fingerprint density at radius 2 is 1.86 bits per heavy atom. The van der Waals surface area contributed by atoms with Gasteiger partial charge in [-0.25, -0.2) is 0 Å². The Morgan fingerprint density at radius 1 is 1.10 bits per heavy atom. The molecule has 2 aromatic rings. The molecule has 0 aliphatic heterocycles. The third-order valence-corrected chi connectivity index (χ3v) is 3.64. The molecule has 0 fully saturated rings. The lowest BCUT2D eigenvalue weighted by Gasteiger charge is -2.17. The molecule has 0 saturated heterocycles. The van der Waals surface area contributed by atoms with Crippen LogP contribution in [0.3, 0.4) is 0 Å². The average molecular weight is 285 g/mol. The molecule has 0 saturated carbocycles. The van der Waals surface area contributed by atoms with Crippen molar-refractivity contribution in [3.63, 3.8) is 0 Å². The summed E-state index contributed by atoms with van der Waals surface area (Å²) in [5, 5.41) is 3.25. The van der Waals surface area contributed by atoms with E-state index in [4.69, 9.17) is 9.47 Å². The number of nitrogens with one attached hydrogen (secondary N) is 1. The van der Waals surface area contributed by atoms with E-state index in [1.54, 1.807) is 7.11 Å². The highest BCUT2D eigenvalue weighted by Crippen LogP contribution is 2.27. The largest absolute Gasteiger partial charge is 0.496 e. The summed E-state index contributed by atoms with van der Waals surface area (Å²) in [5.74, 6) is 1.77. The van der Waals surface area contributed by atoms with Gasteiger partial charge in [-0.1, -0.05) is 29.8 Å². The van der Waals surface area contributed by atoms with Crippen molar-refractivity contribution in [1.82, 2.24) is 5.32 Å². The Bertz CT molecular complexity index is 596. The molecule has 0 aromatic heterocycles. The molecule has 0 amide bonds. The molecule has 1 atom stereocenters. The molecule has 1 unspecified atom stereocenters. The van der Waals surface area contributed by atoms with Crippen molar-refractivity contribution in [2.75, 3.05) is 14.2 Å². The van der Waals surface area contributed by atoms with Crippen molar-refractivity contribution in [2.45, 2.75) is 26.5 Å². The first-order chi connectivity index (χ1) is 10.2. The van der Waals surface area contributed by atoms with Crippen LogP contribution >= 0.6 is 0 Å². The second-order valence-corrected chi connectivity index (χ2v) is 5.15. The number of ether oxygens (including phenoxy) is 2. The molecule has 0 spiro atoms. The van der Waals surface area contributed by atoms with Gasteiger partial charge < -0.3 is 14.8 Å². The number of rotatable bonds is 6. The molecule has 0 heterocycles. The highest BCUT2D eigenvalue weighted by Gasteiger charge is 2.10. The predicted octanol–water partition coefficient (Wildman–Crippen LogP) is 3.86. The maximum absolute atomic E-state index is 6.02. The van der Waals surface area contributed by atoms with Crippen LogP contribution in [0.4, 0.5) is 0 Å². The lowest BCUT2D eigenvalue weighted by Crippen LogP contribution is -2.13. The first-order valence-electron chi connectivity index (χ1n) is 7.18. The van der Waals surface area contributed by atoms with Crippen LogP contribution in [0.25, 0.3) is 0 Å². The molecule has 1 N–H and O–H groups in total. The first kappa shape index (κ1) is 15.4. The van der Waals surface area contributed by atoms with Crippen molar-refractivity contribution in [2.24, 2.45) is 0 Å². The van der Waals surface area contributed by atoms with E-state index in [0.717, 1.165) is 22.6 Å². The number of benzene rings is 2. The zero-order valence-electron chi connectivity index (χ0n) is 13.1. The zero-order chi connectivity index (χ0) is 15.2. The summed E-state index contributed by atoms with van der Waals surface area (Å²) in [6.45, 7) is 4.69. The topological polar surface area (TPSA) is 30.5 Å². The number of methoxy groups -OCH3 is 1. The zero-order valence-corrected chi connectivity index (χ0v) is 13.1. The maximum atomic E-state index is 6.02. The number of hydrogen-bond acceptors (Lipinski definition) is 3. The fourth-order valence-corrected chi connectivity index (χ4v) is 2.30. The molecule has 0 aliphatic rings. The molecular formula is C18H23NO2. The third kappa shape index (κ3) is 3.76. The summed E-state index contributed by atoms with van der Waals surface area (Å²) in [5.41, 5.74) is 3.42. The minimum Gasteiger partial charge on any atom is -0.496 e. The van der Waals surface area contributed by atoms with Crippen molar-refractivity contribution >= 4 is 0 Å². The summed E-state index contributed by atoms with van der Waals surface area (Å²) >= 11 is 0. The molecule has 3 heteroatoms. The van der Waals surface area contributed by atoms with Gasteiger partial charge in [-0.05, 0) is 39.1 Å². The highest BCUT2D eigenvalue weighted by molar-refractivity contribution is 5.39. The van der Waals surface area contributed by atoms with Gasteiger partial charge in [-0.3, -0.25) is 0 Å².